The highest BCUT2D eigenvalue weighted by Gasteiger charge is 2.08. The molecule has 0 saturated carbocycles. The van der Waals surface area contributed by atoms with Gasteiger partial charge in [0.25, 0.3) is 5.91 Å². The van der Waals surface area contributed by atoms with Crippen molar-refractivity contribution in [2.75, 3.05) is 5.32 Å². The van der Waals surface area contributed by atoms with E-state index in [1.54, 1.807) is 0 Å². The van der Waals surface area contributed by atoms with Gasteiger partial charge in [-0.3, -0.25) is 4.79 Å². The van der Waals surface area contributed by atoms with Gasteiger partial charge in [0.05, 0.1) is 0 Å². The number of nitrogens with one attached hydrogen (secondary N) is 1. The zero-order chi connectivity index (χ0) is 14.0. The van der Waals surface area contributed by atoms with Crippen LogP contribution in [0.2, 0.25) is 0 Å². The van der Waals surface area contributed by atoms with Gasteiger partial charge in [-0.2, -0.15) is 0 Å². The number of amides is 1. The second-order valence-electron chi connectivity index (χ2n) is 4.72. The van der Waals surface area contributed by atoms with Gasteiger partial charge >= 0.3 is 0 Å². The molecule has 0 aromatic heterocycles. The second-order valence-corrected chi connectivity index (χ2v) is 5.57. The smallest absolute Gasteiger partial charge is 0.255 e. The van der Waals surface area contributed by atoms with Crippen molar-refractivity contribution in [3.05, 3.63) is 63.1 Å². The molecule has 0 bridgehead atoms. The summed E-state index contributed by atoms with van der Waals surface area (Å²) in [5.74, 6) is -0.0936. The zero-order valence-corrected chi connectivity index (χ0v) is 12.8. The third-order valence-corrected chi connectivity index (χ3v) is 4.05. The van der Waals surface area contributed by atoms with Crippen LogP contribution in [-0.2, 0) is 0 Å². The van der Waals surface area contributed by atoms with Gasteiger partial charge < -0.3 is 5.32 Å². The van der Waals surface area contributed by atoms with Crippen molar-refractivity contribution < 1.29 is 4.79 Å². The van der Waals surface area contributed by atoms with E-state index in [2.05, 4.69) is 28.2 Å². The monoisotopic (exact) mass is 317 g/mol. The number of hydrogen-bond donors (Lipinski definition) is 1. The van der Waals surface area contributed by atoms with Crippen molar-refractivity contribution in [1.29, 1.82) is 0 Å². The first-order valence-electron chi connectivity index (χ1n) is 6.12. The maximum atomic E-state index is 12.1. The van der Waals surface area contributed by atoms with Gasteiger partial charge in [-0.05, 0) is 61.7 Å². The van der Waals surface area contributed by atoms with Crippen LogP contribution in [0.5, 0.6) is 0 Å². The van der Waals surface area contributed by atoms with E-state index in [1.165, 1.54) is 11.1 Å². The average Bonchev–Trinajstić information content (AvgIpc) is 2.37. The summed E-state index contributed by atoms with van der Waals surface area (Å²) < 4.78 is 0.945. The van der Waals surface area contributed by atoms with Crippen molar-refractivity contribution in [3.63, 3.8) is 0 Å². The predicted octanol–water partition coefficient (Wildman–Crippen LogP) is 4.63. The lowest BCUT2D eigenvalue weighted by Crippen LogP contribution is -2.12. The molecule has 0 unspecified atom stereocenters. The number of hydrogen-bond acceptors (Lipinski definition) is 1. The Morgan fingerprint density at radius 2 is 1.63 bits per heavy atom. The molecule has 19 heavy (non-hydrogen) atoms. The van der Waals surface area contributed by atoms with Crippen molar-refractivity contribution in [2.24, 2.45) is 0 Å². The van der Waals surface area contributed by atoms with Crippen molar-refractivity contribution in [3.8, 4) is 0 Å². The molecular formula is C16H16BrNO. The van der Waals surface area contributed by atoms with E-state index in [-0.39, 0.29) is 5.91 Å². The SMILES string of the molecule is Cc1ccc(NC(=O)c2ccc(C)c(Br)c2)cc1C. The molecule has 1 amide bonds. The van der Waals surface area contributed by atoms with Crippen LogP contribution in [0.4, 0.5) is 5.69 Å². The molecule has 0 atom stereocenters. The standard InChI is InChI=1S/C16H16BrNO/c1-10-5-7-14(8-12(10)3)18-16(19)13-6-4-11(2)15(17)9-13/h4-9H,1-3H3,(H,18,19). The first kappa shape index (κ1) is 13.8. The summed E-state index contributed by atoms with van der Waals surface area (Å²) in [6.07, 6.45) is 0. The van der Waals surface area contributed by atoms with Crippen molar-refractivity contribution in [2.45, 2.75) is 20.8 Å². The van der Waals surface area contributed by atoms with Crippen LogP contribution in [0.25, 0.3) is 0 Å². The topological polar surface area (TPSA) is 29.1 Å². The Kier molecular flexibility index (Phi) is 4.05. The molecule has 0 fully saturated rings. The van der Waals surface area contributed by atoms with Gasteiger partial charge in [0.1, 0.15) is 0 Å². The summed E-state index contributed by atoms with van der Waals surface area (Å²) in [4.78, 5) is 12.1. The van der Waals surface area contributed by atoms with E-state index in [0.29, 0.717) is 5.56 Å². The maximum Gasteiger partial charge on any atom is 0.255 e. The lowest BCUT2D eigenvalue weighted by molar-refractivity contribution is 0.102. The largest absolute Gasteiger partial charge is 0.322 e. The highest BCUT2D eigenvalue weighted by molar-refractivity contribution is 9.10. The van der Waals surface area contributed by atoms with Gasteiger partial charge in [0.2, 0.25) is 0 Å². The molecule has 0 saturated heterocycles. The van der Waals surface area contributed by atoms with E-state index in [1.807, 2.05) is 50.2 Å². The predicted molar refractivity (Wildman–Crippen MR) is 82.7 cm³/mol. The molecular weight excluding hydrogens is 302 g/mol. The van der Waals surface area contributed by atoms with Crippen LogP contribution >= 0.6 is 15.9 Å². The van der Waals surface area contributed by atoms with Gasteiger partial charge in [0, 0.05) is 15.7 Å². The molecule has 2 aromatic carbocycles. The lowest BCUT2D eigenvalue weighted by atomic mass is 10.1. The molecule has 2 aromatic rings. The number of carbonyl (C=O) groups is 1. The molecule has 2 rings (SSSR count). The Labute approximate surface area is 122 Å². The zero-order valence-electron chi connectivity index (χ0n) is 11.3. The van der Waals surface area contributed by atoms with Crippen LogP contribution < -0.4 is 5.32 Å². The highest BCUT2D eigenvalue weighted by atomic mass is 79.9. The Morgan fingerprint density at radius 1 is 0.947 bits per heavy atom. The summed E-state index contributed by atoms with van der Waals surface area (Å²) in [6, 6.07) is 11.5. The van der Waals surface area contributed by atoms with Crippen LogP contribution in [0.15, 0.2) is 40.9 Å². The van der Waals surface area contributed by atoms with Gasteiger partial charge in [-0.1, -0.05) is 28.1 Å². The van der Waals surface area contributed by atoms with E-state index in [0.717, 1.165) is 15.7 Å². The first-order chi connectivity index (χ1) is 8.97. The fraction of sp³-hybridized carbons (Fsp3) is 0.188. The minimum Gasteiger partial charge on any atom is -0.322 e. The molecule has 0 aliphatic heterocycles. The van der Waals surface area contributed by atoms with Gasteiger partial charge in [0.15, 0.2) is 0 Å². The lowest BCUT2D eigenvalue weighted by Gasteiger charge is -2.08. The van der Waals surface area contributed by atoms with Crippen LogP contribution in [0, 0.1) is 20.8 Å². The summed E-state index contributed by atoms with van der Waals surface area (Å²) in [7, 11) is 0. The van der Waals surface area contributed by atoms with Crippen LogP contribution in [-0.4, -0.2) is 5.91 Å². The third kappa shape index (κ3) is 3.24. The third-order valence-electron chi connectivity index (χ3n) is 3.20. The van der Waals surface area contributed by atoms with E-state index >= 15 is 0 Å². The molecule has 0 aliphatic carbocycles. The second kappa shape index (κ2) is 5.57. The minimum absolute atomic E-state index is 0.0936. The molecule has 98 valence electrons. The fourth-order valence-electron chi connectivity index (χ4n) is 1.76. The Bertz CT molecular complexity index is 635. The summed E-state index contributed by atoms with van der Waals surface area (Å²) in [5.41, 5.74) is 4.97. The number of carbonyl (C=O) groups excluding carboxylic acids is 1. The molecule has 0 heterocycles. The molecule has 0 spiro atoms. The maximum absolute atomic E-state index is 12.1. The Balaban J connectivity index is 2.20. The Hall–Kier alpha value is -1.61. The number of rotatable bonds is 2. The molecule has 1 N–H and O–H groups in total. The number of anilines is 1. The fourth-order valence-corrected chi connectivity index (χ4v) is 2.14. The van der Waals surface area contributed by atoms with Crippen molar-refractivity contribution >= 4 is 27.5 Å². The average molecular weight is 318 g/mol. The van der Waals surface area contributed by atoms with Crippen LogP contribution in [0.3, 0.4) is 0 Å². The number of benzene rings is 2. The molecule has 2 nitrogen and oxygen atoms in total. The van der Waals surface area contributed by atoms with Gasteiger partial charge in [-0.15, -0.1) is 0 Å². The van der Waals surface area contributed by atoms with E-state index < -0.39 is 0 Å². The van der Waals surface area contributed by atoms with Crippen molar-refractivity contribution in [1.82, 2.24) is 0 Å². The van der Waals surface area contributed by atoms with Crippen LogP contribution in [0.1, 0.15) is 27.0 Å². The summed E-state index contributed by atoms with van der Waals surface area (Å²) in [6.45, 7) is 6.08. The highest BCUT2D eigenvalue weighted by Crippen LogP contribution is 2.19. The number of halogens is 1. The Morgan fingerprint density at radius 3 is 2.26 bits per heavy atom. The van der Waals surface area contributed by atoms with E-state index in [4.69, 9.17) is 0 Å². The first-order valence-corrected chi connectivity index (χ1v) is 6.91. The molecule has 0 radical (unpaired) electrons. The summed E-state index contributed by atoms with van der Waals surface area (Å²) >= 11 is 3.44. The minimum atomic E-state index is -0.0936. The molecule has 0 aliphatic rings. The van der Waals surface area contributed by atoms with E-state index in [9.17, 15) is 4.79 Å². The summed E-state index contributed by atoms with van der Waals surface area (Å²) in [5, 5.41) is 2.91. The quantitative estimate of drug-likeness (QED) is 0.859. The van der Waals surface area contributed by atoms with Gasteiger partial charge in [-0.25, -0.2) is 0 Å². The molecule has 3 heteroatoms. The number of aryl methyl sites for hydroxylation is 3. The normalized spacial score (nSPS) is 10.3.